The van der Waals surface area contributed by atoms with Crippen molar-refractivity contribution < 1.29 is 23.1 Å². The first-order valence-corrected chi connectivity index (χ1v) is 11.5. The molecule has 1 unspecified atom stereocenters. The monoisotopic (exact) mass is 399 g/mol. The zero-order chi connectivity index (χ0) is 19.7. The molecule has 1 heterocycles. The van der Waals surface area contributed by atoms with Crippen molar-refractivity contribution in [3.63, 3.8) is 0 Å². The predicted octanol–water partition coefficient (Wildman–Crippen LogP) is 4.33. The molecular weight excluding hydrogens is 361 g/mol. The minimum Gasteiger partial charge on any atom is -0.383 e. The molecule has 0 aromatic rings. The fraction of sp³-hybridized carbons (Fsp3) is 0.941. The van der Waals surface area contributed by atoms with Crippen LogP contribution in [0.4, 0.5) is 0 Å². The van der Waals surface area contributed by atoms with E-state index in [-0.39, 0.29) is 18.1 Å². The van der Waals surface area contributed by atoms with E-state index in [1.807, 2.05) is 32.6 Å². The maximum absolute atomic E-state index is 12.3. The van der Waals surface area contributed by atoms with E-state index in [0.29, 0.717) is 19.6 Å². The Labute approximate surface area is 160 Å². The van der Waals surface area contributed by atoms with Gasteiger partial charge in [-0.2, -0.15) is 11.8 Å². The molecule has 8 heteroatoms. The van der Waals surface area contributed by atoms with Crippen LogP contribution < -0.4 is 0 Å². The maximum Gasteiger partial charge on any atom is 0.332 e. The molecule has 1 saturated heterocycles. The number of nitrogens with zero attached hydrogens (tertiary/aromatic N) is 1. The van der Waals surface area contributed by atoms with Gasteiger partial charge in [0.15, 0.2) is 0 Å². The lowest BCUT2D eigenvalue weighted by Crippen LogP contribution is -2.38. The van der Waals surface area contributed by atoms with E-state index in [1.165, 1.54) is 0 Å². The molecule has 0 N–H and O–H groups in total. The molecule has 1 rings (SSSR count). The van der Waals surface area contributed by atoms with E-state index in [0.717, 1.165) is 18.6 Å². The summed E-state index contributed by atoms with van der Waals surface area (Å²) >= 11 is 1.76. The second-order valence-electron chi connectivity index (χ2n) is 4.80. The Morgan fingerprint density at radius 2 is 1.76 bits per heavy atom. The van der Waals surface area contributed by atoms with Gasteiger partial charge in [0.1, 0.15) is 0 Å². The summed E-state index contributed by atoms with van der Waals surface area (Å²) in [7, 11) is 3.44. The van der Waals surface area contributed by atoms with Crippen LogP contribution >= 0.6 is 20.4 Å². The first kappa shape index (κ1) is 27.3. The van der Waals surface area contributed by atoms with Gasteiger partial charge in [-0.1, -0.05) is 27.7 Å². The minimum atomic E-state index is -1.33. The van der Waals surface area contributed by atoms with Gasteiger partial charge in [-0.3, -0.25) is 4.79 Å². The molecule has 1 amide bonds. The number of hydrogen-bond acceptors (Lipinski definition) is 6. The molecule has 0 aromatic heterocycles. The first-order valence-electron chi connectivity index (χ1n) is 8.98. The van der Waals surface area contributed by atoms with Gasteiger partial charge >= 0.3 is 8.60 Å². The van der Waals surface area contributed by atoms with E-state index >= 15 is 0 Å². The van der Waals surface area contributed by atoms with Crippen molar-refractivity contribution in [1.82, 2.24) is 4.90 Å². The van der Waals surface area contributed by atoms with Crippen molar-refractivity contribution in [1.29, 1.82) is 0 Å². The molecule has 1 fully saturated rings. The van der Waals surface area contributed by atoms with Gasteiger partial charge < -0.3 is 23.2 Å². The molecule has 6 nitrogen and oxygen atoms in total. The van der Waals surface area contributed by atoms with Gasteiger partial charge in [0.05, 0.1) is 18.8 Å². The average Bonchev–Trinajstić information content (AvgIpc) is 3.06. The first-order chi connectivity index (χ1) is 12.2. The molecule has 0 spiro atoms. The van der Waals surface area contributed by atoms with Crippen LogP contribution in [0.5, 0.6) is 0 Å². The van der Waals surface area contributed by atoms with Crippen molar-refractivity contribution in [2.45, 2.75) is 59.1 Å². The summed E-state index contributed by atoms with van der Waals surface area (Å²) < 4.78 is 21.2. The van der Waals surface area contributed by atoms with Crippen LogP contribution in [0.3, 0.4) is 0 Å². The lowest BCUT2D eigenvalue weighted by atomic mass is 10.2. The summed E-state index contributed by atoms with van der Waals surface area (Å²) in [5.41, 5.74) is 0. The summed E-state index contributed by atoms with van der Waals surface area (Å²) in [5, 5.41) is 0. The van der Waals surface area contributed by atoms with Crippen molar-refractivity contribution in [2.75, 3.05) is 46.5 Å². The molecule has 2 atom stereocenters. The summed E-state index contributed by atoms with van der Waals surface area (Å²) in [6.07, 6.45) is 4.24. The number of likely N-dealkylation sites (tertiary alicyclic amines) is 1. The standard InChI is InChI=1S/C13H26NO5PS.2C2H6/c1-16-10-11-8-12(19-20(17-2)18-3)9-14(11)13(15)6-5-7-21-4;2*1-2/h11-12H,5-10H2,1-4H3;2*1-2H3/t11-,12?;;/m0../s1. The second kappa shape index (κ2) is 18.9. The lowest BCUT2D eigenvalue weighted by Gasteiger charge is -2.23. The number of thioether (sulfide) groups is 1. The fourth-order valence-corrected chi connectivity index (χ4v) is 3.55. The van der Waals surface area contributed by atoms with Crippen LogP contribution in [-0.4, -0.2) is 69.4 Å². The third kappa shape index (κ3) is 11.4. The molecule has 25 heavy (non-hydrogen) atoms. The van der Waals surface area contributed by atoms with Gasteiger partial charge in [-0.05, 0) is 24.9 Å². The lowest BCUT2D eigenvalue weighted by molar-refractivity contribution is -0.133. The highest BCUT2D eigenvalue weighted by Gasteiger charge is 2.37. The molecule has 152 valence electrons. The van der Waals surface area contributed by atoms with E-state index in [9.17, 15) is 4.79 Å². The third-order valence-corrected chi connectivity index (χ3v) is 5.09. The quantitative estimate of drug-likeness (QED) is 0.402. The van der Waals surface area contributed by atoms with Gasteiger partial charge in [0.2, 0.25) is 5.91 Å². The number of amides is 1. The van der Waals surface area contributed by atoms with Crippen LogP contribution in [0, 0.1) is 0 Å². The Kier molecular flexibility index (Phi) is 20.6. The second-order valence-corrected chi connectivity index (χ2v) is 7.18. The average molecular weight is 400 g/mol. The van der Waals surface area contributed by atoms with E-state index in [2.05, 4.69) is 6.26 Å². The molecule has 0 bridgehead atoms. The van der Waals surface area contributed by atoms with Gasteiger partial charge in [-0.15, -0.1) is 0 Å². The van der Waals surface area contributed by atoms with Crippen LogP contribution in [0.15, 0.2) is 0 Å². The van der Waals surface area contributed by atoms with E-state index in [4.69, 9.17) is 18.3 Å². The van der Waals surface area contributed by atoms with E-state index < -0.39 is 8.60 Å². The van der Waals surface area contributed by atoms with Crippen molar-refractivity contribution in [3.8, 4) is 0 Å². The summed E-state index contributed by atoms with van der Waals surface area (Å²) in [6.45, 7) is 9.11. The van der Waals surface area contributed by atoms with Crippen LogP contribution in [0.2, 0.25) is 0 Å². The zero-order valence-corrected chi connectivity index (χ0v) is 19.0. The number of methoxy groups -OCH3 is 1. The molecule has 0 radical (unpaired) electrons. The fourth-order valence-electron chi connectivity index (χ4n) is 2.40. The molecular formula is C17H38NO5PS. The molecule has 0 aromatic carbocycles. The third-order valence-electron chi connectivity index (χ3n) is 3.33. The maximum atomic E-state index is 12.3. The van der Waals surface area contributed by atoms with Crippen LogP contribution in [-0.2, 0) is 23.1 Å². The smallest absolute Gasteiger partial charge is 0.332 e. The zero-order valence-electron chi connectivity index (χ0n) is 17.2. The number of ether oxygens (including phenoxy) is 1. The Morgan fingerprint density at radius 3 is 2.24 bits per heavy atom. The minimum absolute atomic E-state index is 0.0549. The Hall–Kier alpha value is 0.0900. The summed E-state index contributed by atoms with van der Waals surface area (Å²) in [4.78, 5) is 14.2. The van der Waals surface area contributed by atoms with E-state index in [1.54, 1.807) is 33.1 Å². The highest BCUT2D eigenvalue weighted by atomic mass is 32.2. The van der Waals surface area contributed by atoms with Gasteiger partial charge in [0.25, 0.3) is 0 Å². The Bertz CT molecular complexity index is 309. The highest BCUT2D eigenvalue weighted by molar-refractivity contribution is 7.98. The topological polar surface area (TPSA) is 57.2 Å². The SMILES string of the molecule is CC.CC.COC[C@@H]1CC(OP(OC)OC)CN1C(=O)CCCSC. The predicted molar refractivity (Wildman–Crippen MR) is 108 cm³/mol. The summed E-state index contributed by atoms with van der Waals surface area (Å²) in [6, 6.07) is 0.0762. The molecule has 0 aliphatic carbocycles. The number of rotatable bonds is 10. The number of carbonyl (C=O) groups excluding carboxylic acids is 1. The van der Waals surface area contributed by atoms with Gasteiger partial charge in [-0.25, -0.2) is 0 Å². The summed E-state index contributed by atoms with van der Waals surface area (Å²) in [5.74, 6) is 1.18. The van der Waals surface area contributed by atoms with Crippen molar-refractivity contribution in [2.24, 2.45) is 0 Å². The Morgan fingerprint density at radius 1 is 1.16 bits per heavy atom. The van der Waals surface area contributed by atoms with Crippen molar-refractivity contribution in [3.05, 3.63) is 0 Å². The number of carbonyl (C=O) groups is 1. The highest BCUT2D eigenvalue weighted by Crippen LogP contribution is 2.41. The van der Waals surface area contributed by atoms with Crippen molar-refractivity contribution >= 4 is 26.3 Å². The molecule has 0 saturated carbocycles. The largest absolute Gasteiger partial charge is 0.383 e. The molecule has 1 aliphatic rings. The molecule has 1 aliphatic heterocycles. The van der Waals surface area contributed by atoms with Crippen LogP contribution in [0.1, 0.15) is 47.0 Å². The Balaban J connectivity index is 0. The van der Waals surface area contributed by atoms with Gasteiger partial charge in [0, 0.05) is 34.3 Å². The number of hydrogen-bond donors (Lipinski definition) is 0. The normalized spacial score (nSPS) is 19.2. The van der Waals surface area contributed by atoms with Crippen LogP contribution in [0.25, 0.3) is 0 Å².